The maximum absolute atomic E-state index is 12.5. The van der Waals surface area contributed by atoms with Crippen molar-refractivity contribution in [1.82, 2.24) is 19.2 Å². The van der Waals surface area contributed by atoms with Crippen molar-refractivity contribution in [1.29, 1.82) is 0 Å². The molecule has 0 unspecified atom stereocenters. The molecule has 0 aliphatic carbocycles. The first kappa shape index (κ1) is 15.9. The van der Waals surface area contributed by atoms with Crippen molar-refractivity contribution in [3.8, 4) is 0 Å². The second-order valence-corrected chi connectivity index (χ2v) is 6.81. The number of aryl methyl sites for hydroxylation is 1. The lowest BCUT2D eigenvalue weighted by Crippen LogP contribution is -2.40. The van der Waals surface area contributed by atoms with Crippen molar-refractivity contribution in [2.45, 2.75) is 38.0 Å². The molecule has 1 aliphatic rings. The smallest absolute Gasteiger partial charge is 0.345 e. The number of thiophene rings is 1. The number of aliphatic hydroxyl groups excluding tert-OH is 1. The van der Waals surface area contributed by atoms with Crippen molar-refractivity contribution in [3.05, 3.63) is 39.2 Å². The second kappa shape index (κ2) is 6.67. The number of aliphatic hydroxyl groups is 1. The van der Waals surface area contributed by atoms with Crippen LogP contribution in [0.1, 0.15) is 30.2 Å². The van der Waals surface area contributed by atoms with Crippen LogP contribution >= 0.6 is 11.3 Å². The Morgan fingerprint density at radius 1 is 1.57 bits per heavy atom. The molecule has 0 spiro atoms. The summed E-state index contributed by atoms with van der Waals surface area (Å²) in [7, 11) is 1.60. The molecule has 7 nitrogen and oxygen atoms in total. The molecule has 3 rings (SSSR count). The number of aromatic nitrogens is 3. The van der Waals surface area contributed by atoms with Gasteiger partial charge in [0.2, 0.25) is 5.91 Å². The molecular weight excluding hydrogens is 316 g/mol. The summed E-state index contributed by atoms with van der Waals surface area (Å²) in [5, 5.41) is 16.2. The van der Waals surface area contributed by atoms with Gasteiger partial charge in [0.1, 0.15) is 12.9 Å². The first-order valence-corrected chi connectivity index (χ1v) is 8.53. The number of likely N-dealkylation sites (tertiary alicyclic amines) is 1. The zero-order chi connectivity index (χ0) is 16.4. The quantitative estimate of drug-likeness (QED) is 0.874. The molecule has 0 radical (unpaired) electrons. The Kier molecular flexibility index (Phi) is 4.63. The molecule has 0 saturated carbocycles. The summed E-state index contributed by atoms with van der Waals surface area (Å²) < 4.78 is 2.52. The maximum Gasteiger partial charge on any atom is 0.345 e. The van der Waals surface area contributed by atoms with Gasteiger partial charge in [-0.05, 0) is 30.7 Å². The molecule has 0 aromatic carbocycles. The van der Waals surface area contributed by atoms with Gasteiger partial charge in [-0.15, -0.1) is 11.3 Å². The summed E-state index contributed by atoms with van der Waals surface area (Å²) >= 11 is 1.52. The highest BCUT2D eigenvalue weighted by atomic mass is 32.1. The second-order valence-electron chi connectivity index (χ2n) is 5.83. The van der Waals surface area contributed by atoms with E-state index in [0.717, 1.165) is 17.7 Å². The van der Waals surface area contributed by atoms with E-state index >= 15 is 0 Å². The Morgan fingerprint density at radius 2 is 2.39 bits per heavy atom. The van der Waals surface area contributed by atoms with Gasteiger partial charge in [0.25, 0.3) is 0 Å². The van der Waals surface area contributed by atoms with Crippen LogP contribution in [0.25, 0.3) is 0 Å². The summed E-state index contributed by atoms with van der Waals surface area (Å²) in [5.74, 6) is -0.119. The Balaban J connectivity index is 1.65. The van der Waals surface area contributed by atoms with Gasteiger partial charge in [0, 0.05) is 24.5 Å². The SMILES string of the molecule is Cn1cnn(CC(=O)N2CCC[C@H]2C[C@@H](O)c2cccs2)c1=O. The van der Waals surface area contributed by atoms with E-state index in [1.165, 1.54) is 26.9 Å². The molecular formula is C15H20N4O3S. The number of nitrogens with zero attached hydrogens (tertiary/aromatic N) is 4. The van der Waals surface area contributed by atoms with Gasteiger partial charge >= 0.3 is 5.69 Å². The van der Waals surface area contributed by atoms with Gasteiger partial charge in [-0.3, -0.25) is 9.36 Å². The van der Waals surface area contributed by atoms with Crippen molar-refractivity contribution in [2.75, 3.05) is 6.54 Å². The summed E-state index contributed by atoms with van der Waals surface area (Å²) in [6.07, 6.45) is 3.18. The topological polar surface area (TPSA) is 80.4 Å². The van der Waals surface area contributed by atoms with Crippen molar-refractivity contribution in [3.63, 3.8) is 0 Å². The van der Waals surface area contributed by atoms with E-state index in [0.29, 0.717) is 13.0 Å². The number of amides is 1. The third kappa shape index (κ3) is 3.37. The van der Waals surface area contributed by atoms with Crippen LogP contribution in [0.5, 0.6) is 0 Å². The van der Waals surface area contributed by atoms with Crippen LogP contribution in [0.3, 0.4) is 0 Å². The first-order valence-electron chi connectivity index (χ1n) is 7.65. The van der Waals surface area contributed by atoms with Crippen LogP contribution in [0.4, 0.5) is 0 Å². The van der Waals surface area contributed by atoms with E-state index < -0.39 is 6.10 Å². The van der Waals surface area contributed by atoms with E-state index in [1.807, 2.05) is 17.5 Å². The Labute approximate surface area is 137 Å². The van der Waals surface area contributed by atoms with Gasteiger partial charge in [0.05, 0.1) is 6.10 Å². The zero-order valence-corrected chi connectivity index (χ0v) is 13.8. The summed E-state index contributed by atoms with van der Waals surface area (Å²) in [5.41, 5.74) is -0.298. The van der Waals surface area contributed by atoms with Gasteiger partial charge in [-0.1, -0.05) is 6.07 Å². The molecule has 1 N–H and O–H groups in total. The lowest BCUT2D eigenvalue weighted by molar-refractivity contribution is -0.133. The standard InChI is InChI=1S/C15H20N4O3S/c1-17-10-16-19(15(17)22)9-14(21)18-6-2-4-11(18)8-12(20)13-5-3-7-23-13/h3,5,7,10-12,20H,2,4,6,8-9H2,1H3/t11-,12+/m0/s1. The lowest BCUT2D eigenvalue weighted by atomic mass is 10.1. The number of rotatable bonds is 5. The molecule has 1 aliphatic heterocycles. The third-order valence-corrected chi connectivity index (χ3v) is 5.21. The van der Waals surface area contributed by atoms with Gasteiger partial charge in [-0.2, -0.15) is 5.10 Å². The van der Waals surface area contributed by atoms with E-state index in [2.05, 4.69) is 5.10 Å². The van der Waals surface area contributed by atoms with Crippen molar-refractivity contribution < 1.29 is 9.90 Å². The maximum atomic E-state index is 12.5. The predicted octanol–water partition coefficient (Wildman–Crippen LogP) is 0.758. The number of hydrogen-bond donors (Lipinski definition) is 1. The monoisotopic (exact) mass is 336 g/mol. The average molecular weight is 336 g/mol. The summed E-state index contributed by atoms with van der Waals surface area (Å²) in [6.45, 7) is 0.619. The first-order chi connectivity index (χ1) is 11.1. The number of carbonyl (C=O) groups is 1. The Hall–Kier alpha value is -1.93. The Morgan fingerprint density at radius 3 is 3.04 bits per heavy atom. The number of carbonyl (C=O) groups excluding carboxylic acids is 1. The van der Waals surface area contributed by atoms with Crippen LogP contribution in [-0.4, -0.2) is 42.8 Å². The molecule has 1 fully saturated rings. The van der Waals surface area contributed by atoms with Gasteiger partial charge in [-0.25, -0.2) is 9.48 Å². The fourth-order valence-corrected chi connectivity index (χ4v) is 3.74. The highest BCUT2D eigenvalue weighted by molar-refractivity contribution is 7.10. The van der Waals surface area contributed by atoms with Crippen molar-refractivity contribution >= 4 is 17.2 Å². The van der Waals surface area contributed by atoms with Gasteiger partial charge in [0.15, 0.2) is 0 Å². The average Bonchev–Trinajstić information content (AvgIpc) is 3.25. The molecule has 1 saturated heterocycles. The molecule has 2 aromatic heterocycles. The van der Waals surface area contributed by atoms with Crippen LogP contribution in [-0.2, 0) is 18.4 Å². The Bertz CT molecular complexity index is 721. The van der Waals surface area contributed by atoms with E-state index in [9.17, 15) is 14.7 Å². The minimum absolute atomic E-state index is 0.0130. The molecule has 1 amide bonds. The van der Waals surface area contributed by atoms with E-state index in [4.69, 9.17) is 0 Å². The fraction of sp³-hybridized carbons (Fsp3) is 0.533. The molecule has 23 heavy (non-hydrogen) atoms. The predicted molar refractivity (Wildman–Crippen MR) is 86.1 cm³/mol. The molecule has 124 valence electrons. The highest BCUT2D eigenvalue weighted by Gasteiger charge is 2.31. The fourth-order valence-electron chi connectivity index (χ4n) is 3.01. The van der Waals surface area contributed by atoms with Gasteiger partial charge < -0.3 is 10.0 Å². The lowest BCUT2D eigenvalue weighted by Gasteiger charge is -2.26. The van der Waals surface area contributed by atoms with Crippen LogP contribution in [0.15, 0.2) is 28.6 Å². The van der Waals surface area contributed by atoms with E-state index in [-0.39, 0.29) is 24.2 Å². The minimum Gasteiger partial charge on any atom is -0.387 e. The largest absolute Gasteiger partial charge is 0.387 e. The van der Waals surface area contributed by atoms with Crippen LogP contribution in [0, 0.1) is 0 Å². The normalized spacial score (nSPS) is 19.2. The molecule has 3 heterocycles. The van der Waals surface area contributed by atoms with Crippen molar-refractivity contribution in [2.24, 2.45) is 7.05 Å². The molecule has 8 heteroatoms. The molecule has 2 atom stereocenters. The van der Waals surface area contributed by atoms with Crippen LogP contribution in [0.2, 0.25) is 0 Å². The molecule has 2 aromatic rings. The zero-order valence-electron chi connectivity index (χ0n) is 13.0. The van der Waals surface area contributed by atoms with Crippen LogP contribution < -0.4 is 5.69 Å². The number of hydrogen-bond acceptors (Lipinski definition) is 5. The summed E-state index contributed by atoms with van der Waals surface area (Å²) in [4.78, 5) is 27.0. The molecule has 0 bridgehead atoms. The minimum atomic E-state index is -0.550. The third-order valence-electron chi connectivity index (χ3n) is 4.24. The summed E-state index contributed by atoms with van der Waals surface area (Å²) in [6, 6.07) is 3.83. The highest BCUT2D eigenvalue weighted by Crippen LogP contribution is 2.29. The van der Waals surface area contributed by atoms with E-state index in [1.54, 1.807) is 11.9 Å².